The van der Waals surface area contributed by atoms with Gasteiger partial charge >= 0.3 is 5.97 Å². The molecule has 2 heteroatoms. The van der Waals surface area contributed by atoms with E-state index in [-0.39, 0.29) is 12.1 Å². The van der Waals surface area contributed by atoms with Gasteiger partial charge in [0.1, 0.15) is 6.10 Å². The Morgan fingerprint density at radius 3 is 2.30 bits per heavy atom. The summed E-state index contributed by atoms with van der Waals surface area (Å²) in [5.41, 5.74) is 2.51. The average Bonchev–Trinajstić information content (AvgIpc) is 3.39. The van der Waals surface area contributed by atoms with Crippen molar-refractivity contribution in [2.24, 2.45) is 52.3 Å². The molecule has 4 rings (SSSR count). The highest BCUT2D eigenvalue weighted by molar-refractivity contribution is 5.69. The summed E-state index contributed by atoms with van der Waals surface area (Å²) in [6.07, 6.45) is 35.0. The molecule has 0 aromatic rings. The Morgan fingerprint density at radius 2 is 1.59 bits per heavy atom. The van der Waals surface area contributed by atoms with Gasteiger partial charge in [0, 0.05) is 12.8 Å². The molecule has 9 unspecified atom stereocenters. The second kappa shape index (κ2) is 18.1. The highest BCUT2D eigenvalue weighted by Crippen LogP contribution is 2.67. The van der Waals surface area contributed by atoms with Crippen molar-refractivity contribution in [1.29, 1.82) is 0 Å². The highest BCUT2D eigenvalue weighted by Gasteiger charge is 2.59. The topological polar surface area (TPSA) is 26.3 Å². The first-order valence-electron chi connectivity index (χ1n) is 20.7. The molecule has 4 aliphatic rings. The lowest BCUT2D eigenvalue weighted by atomic mass is 9.47. The molecule has 2 nitrogen and oxygen atoms in total. The number of hydrogen-bond acceptors (Lipinski definition) is 2. The zero-order valence-electron chi connectivity index (χ0n) is 31.7. The Labute approximate surface area is 286 Å². The van der Waals surface area contributed by atoms with Crippen molar-refractivity contribution in [2.45, 2.75) is 196 Å². The fraction of sp³-hybridized carbons (Fsp3) is 0.886. The van der Waals surface area contributed by atoms with Crippen LogP contribution >= 0.6 is 0 Å². The van der Waals surface area contributed by atoms with Gasteiger partial charge in [0.25, 0.3) is 0 Å². The summed E-state index contributed by atoms with van der Waals surface area (Å²) < 4.78 is 6.12. The normalized spacial score (nSPS) is 33.7. The first kappa shape index (κ1) is 37.8. The maximum atomic E-state index is 12.8. The minimum Gasteiger partial charge on any atom is -0.462 e. The van der Waals surface area contributed by atoms with Gasteiger partial charge in [-0.15, -0.1) is 0 Å². The van der Waals surface area contributed by atoms with Gasteiger partial charge in [-0.05, 0) is 136 Å². The van der Waals surface area contributed by atoms with Crippen LogP contribution in [0, 0.1) is 52.3 Å². The summed E-state index contributed by atoms with van der Waals surface area (Å²) in [4.78, 5) is 12.8. The molecule has 0 aliphatic heterocycles. The molecule has 0 aromatic heterocycles. The number of rotatable bonds is 19. The fourth-order valence-corrected chi connectivity index (χ4v) is 11.4. The molecule has 0 aromatic carbocycles. The van der Waals surface area contributed by atoms with Gasteiger partial charge in [0.2, 0.25) is 0 Å². The Hall–Kier alpha value is -1.05. The summed E-state index contributed by atoms with van der Waals surface area (Å²) in [6.45, 7) is 17.4. The summed E-state index contributed by atoms with van der Waals surface area (Å²) in [5, 5.41) is 0. The van der Waals surface area contributed by atoms with Gasteiger partial charge < -0.3 is 4.74 Å². The van der Waals surface area contributed by atoms with E-state index < -0.39 is 0 Å². The lowest BCUT2D eigenvalue weighted by molar-refractivity contribution is -0.151. The number of ether oxygens (including phenoxy) is 1. The van der Waals surface area contributed by atoms with Crippen LogP contribution in [0.5, 0.6) is 0 Å². The molecule has 0 heterocycles. The molecule has 3 saturated carbocycles. The monoisotopic (exact) mass is 637 g/mol. The van der Waals surface area contributed by atoms with Gasteiger partial charge in [0.05, 0.1) is 0 Å². The molecule has 46 heavy (non-hydrogen) atoms. The molecule has 264 valence electrons. The van der Waals surface area contributed by atoms with Crippen LogP contribution in [-0.4, -0.2) is 12.1 Å². The molecule has 0 spiro atoms. The van der Waals surface area contributed by atoms with Crippen molar-refractivity contribution in [3.05, 3.63) is 23.8 Å². The first-order chi connectivity index (χ1) is 22.1. The number of esters is 1. The second-order valence-corrected chi connectivity index (χ2v) is 17.6. The standard InChI is InChI=1S/C44H76O2/c1-8-10-11-12-13-14-15-16-17-18-19-20-21-42(45)46-37-28-30-43(6)36(32-37)24-25-38-40-27-26-39(44(40,7)31-29-41(38)43)34(5)22-23-35(9-2)33(3)4/h13-14,24,33-35,37-41H,8-12,15-23,25-32H2,1-7H3/b14-13-. The van der Waals surface area contributed by atoms with Crippen LogP contribution in [0.2, 0.25) is 0 Å². The lowest BCUT2D eigenvalue weighted by Crippen LogP contribution is -2.51. The van der Waals surface area contributed by atoms with E-state index in [0.29, 0.717) is 17.3 Å². The van der Waals surface area contributed by atoms with Crippen molar-refractivity contribution in [2.75, 3.05) is 0 Å². The first-order valence-corrected chi connectivity index (χ1v) is 20.7. The van der Waals surface area contributed by atoms with Crippen LogP contribution in [0.1, 0.15) is 190 Å². The largest absolute Gasteiger partial charge is 0.462 e. The van der Waals surface area contributed by atoms with Gasteiger partial charge in [-0.25, -0.2) is 0 Å². The van der Waals surface area contributed by atoms with E-state index in [9.17, 15) is 4.79 Å². The Morgan fingerprint density at radius 1 is 0.870 bits per heavy atom. The molecular formula is C44H76O2. The third kappa shape index (κ3) is 9.34. The maximum Gasteiger partial charge on any atom is 0.306 e. The third-order valence-corrected chi connectivity index (χ3v) is 14.5. The zero-order chi connectivity index (χ0) is 33.2. The van der Waals surface area contributed by atoms with Crippen molar-refractivity contribution < 1.29 is 9.53 Å². The number of fused-ring (bicyclic) bond motifs is 5. The number of carbonyl (C=O) groups excluding carboxylic acids is 1. The predicted molar refractivity (Wildman–Crippen MR) is 198 cm³/mol. The van der Waals surface area contributed by atoms with Crippen LogP contribution in [-0.2, 0) is 9.53 Å². The Balaban J connectivity index is 1.19. The average molecular weight is 637 g/mol. The SMILES string of the molecule is CCCCC/C=C\CCCCCCCC(=O)OC1CCC2(C)C(=CCC3C2CCC2(C)C(C(C)CCC(CC)C(C)C)CCC32)C1. The molecule has 3 fully saturated rings. The van der Waals surface area contributed by atoms with E-state index >= 15 is 0 Å². The van der Waals surface area contributed by atoms with Crippen LogP contribution in [0.15, 0.2) is 23.8 Å². The molecule has 4 aliphatic carbocycles. The third-order valence-electron chi connectivity index (χ3n) is 14.5. The minimum absolute atomic E-state index is 0.0519. The molecule has 0 amide bonds. The molecule has 0 N–H and O–H groups in total. The van der Waals surface area contributed by atoms with E-state index in [4.69, 9.17) is 4.74 Å². The minimum atomic E-state index is 0.0519. The van der Waals surface area contributed by atoms with E-state index in [2.05, 4.69) is 66.7 Å². The molecule has 0 saturated heterocycles. The fourth-order valence-electron chi connectivity index (χ4n) is 11.4. The van der Waals surface area contributed by atoms with E-state index in [1.165, 1.54) is 109 Å². The van der Waals surface area contributed by atoms with E-state index in [1.807, 2.05) is 0 Å². The summed E-state index contributed by atoms with van der Waals surface area (Å²) in [6, 6.07) is 0. The number of allylic oxidation sites excluding steroid dienone is 3. The van der Waals surface area contributed by atoms with E-state index in [0.717, 1.165) is 67.1 Å². The van der Waals surface area contributed by atoms with E-state index in [1.54, 1.807) is 5.57 Å². The van der Waals surface area contributed by atoms with Crippen molar-refractivity contribution in [3.63, 3.8) is 0 Å². The number of unbranched alkanes of at least 4 members (excludes halogenated alkanes) is 8. The van der Waals surface area contributed by atoms with Crippen LogP contribution in [0.3, 0.4) is 0 Å². The zero-order valence-corrected chi connectivity index (χ0v) is 31.7. The van der Waals surface area contributed by atoms with Crippen LogP contribution in [0.25, 0.3) is 0 Å². The van der Waals surface area contributed by atoms with Crippen molar-refractivity contribution in [3.8, 4) is 0 Å². The summed E-state index contributed by atoms with van der Waals surface area (Å²) >= 11 is 0. The Kier molecular flexibility index (Phi) is 14.8. The maximum absolute atomic E-state index is 12.8. The molecule has 9 atom stereocenters. The van der Waals surface area contributed by atoms with Gasteiger partial charge in [-0.2, -0.15) is 0 Å². The van der Waals surface area contributed by atoms with Gasteiger partial charge in [-0.1, -0.05) is 117 Å². The lowest BCUT2D eigenvalue weighted by Gasteiger charge is -2.58. The van der Waals surface area contributed by atoms with Crippen molar-refractivity contribution in [1.82, 2.24) is 0 Å². The number of hydrogen-bond donors (Lipinski definition) is 0. The van der Waals surface area contributed by atoms with Gasteiger partial charge in [0.15, 0.2) is 0 Å². The summed E-state index contributed by atoms with van der Waals surface area (Å²) in [7, 11) is 0. The van der Waals surface area contributed by atoms with Crippen LogP contribution in [0.4, 0.5) is 0 Å². The highest BCUT2D eigenvalue weighted by atomic mass is 16.5. The van der Waals surface area contributed by atoms with Crippen molar-refractivity contribution >= 4 is 5.97 Å². The molecular weight excluding hydrogens is 560 g/mol. The predicted octanol–water partition coefficient (Wildman–Crippen LogP) is 13.4. The molecule has 0 radical (unpaired) electrons. The number of carbonyl (C=O) groups is 1. The quantitative estimate of drug-likeness (QED) is 0.0801. The van der Waals surface area contributed by atoms with Crippen LogP contribution < -0.4 is 0 Å². The molecule has 0 bridgehead atoms. The summed E-state index contributed by atoms with van der Waals surface area (Å²) in [5.74, 6) is 6.15. The van der Waals surface area contributed by atoms with Gasteiger partial charge in [-0.3, -0.25) is 4.79 Å². The second-order valence-electron chi connectivity index (χ2n) is 17.6. The smallest absolute Gasteiger partial charge is 0.306 e. The Bertz CT molecular complexity index is 976.